The van der Waals surface area contributed by atoms with Crippen LogP contribution in [0.4, 0.5) is 5.69 Å². The van der Waals surface area contributed by atoms with Crippen LogP contribution in [0, 0.1) is 0 Å². The Bertz CT molecular complexity index is 896. The fraction of sp³-hybridized carbons (Fsp3) is 0.381. The first-order valence-corrected chi connectivity index (χ1v) is 11.2. The van der Waals surface area contributed by atoms with Crippen molar-refractivity contribution in [3.63, 3.8) is 0 Å². The second kappa shape index (κ2) is 10.8. The molecule has 0 aliphatic carbocycles. The van der Waals surface area contributed by atoms with Gasteiger partial charge in [-0.15, -0.1) is 0 Å². The maximum atomic E-state index is 11.1. The summed E-state index contributed by atoms with van der Waals surface area (Å²) in [5.74, 6) is -0.911. The predicted molar refractivity (Wildman–Crippen MR) is 109 cm³/mol. The van der Waals surface area contributed by atoms with Gasteiger partial charge in [-0.2, -0.15) is 8.42 Å². The zero-order valence-corrected chi connectivity index (χ0v) is 17.4. The van der Waals surface area contributed by atoms with Gasteiger partial charge >= 0.3 is 10.1 Å². The van der Waals surface area contributed by atoms with Gasteiger partial charge in [0.1, 0.15) is 11.9 Å². The highest BCUT2D eigenvalue weighted by Crippen LogP contribution is 2.16. The summed E-state index contributed by atoms with van der Waals surface area (Å²) in [5.41, 5.74) is 2.85. The molecule has 8 heteroatoms. The number of aliphatic carboxylic acids is 1. The van der Waals surface area contributed by atoms with Crippen LogP contribution in [0.2, 0.25) is 0 Å². The van der Waals surface area contributed by atoms with E-state index in [4.69, 9.17) is 8.92 Å². The summed E-state index contributed by atoms with van der Waals surface area (Å²) in [6.07, 6.45) is 2.01. The van der Waals surface area contributed by atoms with Gasteiger partial charge in [0.15, 0.2) is 0 Å². The van der Waals surface area contributed by atoms with Gasteiger partial charge in [0.05, 0.1) is 12.2 Å². The van der Waals surface area contributed by atoms with Crippen molar-refractivity contribution in [3.8, 4) is 5.75 Å². The van der Waals surface area contributed by atoms with Crippen molar-refractivity contribution in [2.24, 2.45) is 0 Å². The SMILES string of the molecule is CCOC(Cc1cccc(NCCCc2ccc(OS(C)(=O)=O)cc2)c1)C(=O)[O-]. The zero-order valence-electron chi connectivity index (χ0n) is 16.6. The van der Waals surface area contributed by atoms with Crippen molar-refractivity contribution in [2.45, 2.75) is 32.3 Å². The number of carbonyl (C=O) groups excluding carboxylic acids is 1. The molecule has 2 rings (SSSR count). The van der Waals surface area contributed by atoms with E-state index in [1.807, 2.05) is 36.4 Å². The number of carboxylic acids is 1. The van der Waals surface area contributed by atoms with Gasteiger partial charge < -0.3 is 24.1 Å². The fourth-order valence-corrected chi connectivity index (χ4v) is 3.31. The molecule has 7 nitrogen and oxygen atoms in total. The van der Waals surface area contributed by atoms with Crippen molar-refractivity contribution >= 4 is 21.8 Å². The normalized spacial score (nSPS) is 12.3. The first kappa shape index (κ1) is 22.7. The third-order valence-corrected chi connectivity index (χ3v) is 4.62. The van der Waals surface area contributed by atoms with Crippen LogP contribution in [0.15, 0.2) is 48.5 Å². The van der Waals surface area contributed by atoms with Crippen LogP contribution in [-0.4, -0.2) is 39.9 Å². The number of hydrogen-bond acceptors (Lipinski definition) is 7. The van der Waals surface area contributed by atoms with E-state index in [1.165, 1.54) is 0 Å². The molecule has 0 spiro atoms. The first-order chi connectivity index (χ1) is 13.8. The summed E-state index contributed by atoms with van der Waals surface area (Å²) in [6, 6.07) is 14.5. The summed E-state index contributed by atoms with van der Waals surface area (Å²) >= 11 is 0. The van der Waals surface area contributed by atoms with Crippen LogP contribution in [0.25, 0.3) is 0 Å². The van der Waals surface area contributed by atoms with Crippen LogP contribution in [0.5, 0.6) is 5.75 Å². The smallest absolute Gasteiger partial charge is 0.306 e. The number of carboxylic acid groups (broad SMARTS) is 1. The summed E-state index contributed by atoms with van der Waals surface area (Å²) in [4.78, 5) is 11.1. The molecule has 0 aliphatic heterocycles. The lowest BCUT2D eigenvalue weighted by atomic mass is 10.1. The number of anilines is 1. The van der Waals surface area contributed by atoms with Crippen molar-refractivity contribution in [3.05, 3.63) is 59.7 Å². The Kier molecular flexibility index (Phi) is 8.48. The molecular weight excluding hydrogens is 394 g/mol. The summed E-state index contributed by atoms with van der Waals surface area (Å²) in [6.45, 7) is 2.80. The van der Waals surface area contributed by atoms with E-state index in [9.17, 15) is 18.3 Å². The van der Waals surface area contributed by atoms with E-state index in [0.29, 0.717) is 12.4 Å². The number of nitrogens with one attached hydrogen (secondary N) is 1. The quantitative estimate of drug-likeness (QED) is 0.412. The number of hydrogen-bond donors (Lipinski definition) is 1. The lowest BCUT2D eigenvalue weighted by Gasteiger charge is -2.18. The first-order valence-electron chi connectivity index (χ1n) is 9.40. The molecule has 1 N–H and O–H groups in total. The monoisotopic (exact) mass is 420 g/mol. The van der Waals surface area contributed by atoms with E-state index in [0.717, 1.165) is 42.5 Å². The van der Waals surface area contributed by atoms with Crippen LogP contribution in [0.3, 0.4) is 0 Å². The van der Waals surface area contributed by atoms with Gasteiger partial charge in [-0.25, -0.2) is 0 Å². The van der Waals surface area contributed by atoms with Crippen LogP contribution in [-0.2, 0) is 32.5 Å². The minimum Gasteiger partial charge on any atom is -0.547 e. The lowest BCUT2D eigenvalue weighted by Crippen LogP contribution is -2.39. The molecule has 2 aromatic rings. The van der Waals surface area contributed by atoms with E-state index >= 15 is 0 Å². The molecule has 0 aliphatic rings. The molecule has 0 aromatic heterocycles. The van der Waals surface area contributed by atoms with E-state index in [-0.39, 0.29) is 6.42 Å². The topological polar surface area (TPSA) is 105 Å². The van der Waals surface area contributed by atoms with E-state index < -0.39 is 22.2 Å². The Morgan fingerprint density at radius 1 is 1.14 bits per heavy atom. The Morgan fingerprint density at radius 3 is 2.48 bits per heavy atom. The summed E-state index contributed by atoms with van der Waals surface area (Å²) < 4.78 is 32.2. The minimum absolute atomic E-state index is 0.258. The van der Waals surface area contributed by atoms with Crippen molar-refractivity contribution in [1.82, 2.24) is 0 Å². The molecule has 1 unspecified atom stereocenters. The molecule has 0 amide bonds. The second-order valence-corrected chi connectivity index (χ2v) is 8.20. The van der Waals surface area contributed by atoms with Crippen molar-refractivity contribution in [1.29, 1.82) is 0 Å². The number of benzene rings is 2. The van der Waals surface area contributed by atoms with E-state index in [2.05, 4.69) is 5.32 Å². The molecule has 0 fully saturated rings. The predicted octanol–water partition coefficient (Wildman–Crippen LogP) is 1.77. The number of rotatable bonds is 12. The molecule has 158 valence electrons. The molecule has 0 saturated carbocycles. The van der Waals surface area contributed by atoms with Crippen molar-refractivity contribution in [2.75, 3.05) is 24.7 Å². The maximum Gasteiger partial charge on any atom is 0.306 e. The van der Waals surface area contributed by atoms with Crippen LogP contribution in [0.1, 0.15) is 24.5 Å². The van der Waals surface area contributed by atoms with Crippen molar-refractivity contribution < 1.29 is 27.2 Å². The largest absolute Gasteiger partial charge is 0.547 e. The average Bonchev–Trinajstić information content (AvgIpc) is 2.65. The maximum absolute atomic E-state index is 11.1. The van der Waals surface area contributed by atoms with E-state index in [1.54, 1.807) is 19.1 Å². The lowest BCUT2D eigenvalue weighted by molar-refractivity contribution is -0.316. The number of carbonyl (C=O) groups is 1. The third-order valence-electron chi connectivity index (χ3n) is 4.12. The van der Waals surface area contributed by atoms with Gasteiger partial charge in [-0.1, -0.05) is 24.3 Å². The fourth-order valence-electron chi connectivity index (χ4n) is 2.85. The number of aryl methyl sites for hydroxylation is 1. The number of ether oxygens (including phenoxy) is 1. The Balaban J connectivity index is 1.81. The molecular formula is C21H26NO6S-. The molecule has 1 atom stereocenters. The summed E-state index contributed by atoms with van der Waals surface area (Å²) in [7, 11) is -3.51. The van der Waals surface area contributed by atoms with Gasteiger partial charge in [-0.05, 0) is 55.2 Å². The van der Waals surface area contributed by atoms with Gasteiger partial charge in [0.2, 0.25) is 0 Å². The Labute approximate surface area is 171 Å². The highest BCUT2D eigenvalue weighted by Gasteiger charge is 2.11. The standard InChI is InChI=1S/C21H27NO6S/c1-3-27-20(21(23)24)15-17-6-4-8-18(14-17)22-13-5-7-16-9-11-19(12-10-16)28-29(2,25)26/h4,6,8-12,14,20,22H,3,5,7,13,15H2,1-2H3,(H,23,24)/p-1. The molecule has 0 heterocycles. The molecule has 0 saturated heterocycles. The molecule has 0 radical (unpaired) electrons. The Morgan fingerprint density at radius 2 is 1.86 bits per heavy atom. The van der Waals surface area contributed by atoms with Crippen LogP contribution >= 0.6 is 0 Å². The third kappa shape index (κ3) is 8.53. The van der Waals surface area contributed by atoms with Gasteiger partial charge in [0.25, 0.3) is 0 Å². The zero-order chi connectivity index (χ0) is 21.3. The molecule has 29 heavy (non-hydrogen) atoms. The minimum atomic E-state index is -3.51. The van der Waals surface area contributed by atoms with Gasteiger partial charge in [0, 0.05) is 25.3 Å². The highest BCUT2D eigenvalue weighted by atomic mass is 32.2. The second-order valence-electron chi connectivity index (χ2n) is 6.63. The van der Waals surface area contributed by atoms with Gasteiger partial charge in [-0.3, -0.25) is 0 Å². The average molecular weight is 421 g/mol. The highest BCUT2D eigenvalue weighted by molar-refractivity contribution is 7.86. The van der Waals surface area contributed by atoms with Crippen LogP contribution < -0.4 is 14.6 Å². The summed E-state index contributed by atoms with van der Waals surface area (Å²) in [5, 5.41) is 14.4. The molecule has 2 aromatic carbocycles. The Hall–Kier alpha value is -2.58. The molecule has 0 bridgehead atoms.